The van der Waals surface area contributed by atoms with Gasteiger partial charge in [0.25, 0.3) is 0 Å². The first-order valence-electron chi connectivity index (χ1n) is 5.97. The summed E-state index contributed by atoms with van der Waals surface area (Å²) in [5, 5.41) is 0. The van der Waals surface area contributed by atoms with E-state index in [1.165, 1.54) is 32.0 Å². The Labute approximate surface area is 96.9 Å². The van der Waals surface area contributed by atoms with Crippen LogP contribution >= 0.6 is 0 Å². The predicted octanol–water partition coefficient (Wildman–Crippen LogP) is 2.07. The molecule has 4 heteroatoms. The Balaban J connectivity index is 2.04. The van der Waals surface area contributed by atoms with Crippen LogP contribution in [0, 0.1) is 5.92 Å². The molecule has 2 N–H and O–H groups in total. The van der Waals surface area contributed by atoms with Crippen molar-refractivity contribution in [2.45, 2.75) is 38.6 Å². The van der Waals surface area contributed by atoms with Gasteiger partial charge in [0, 0.05) is 19.2 Å². The van der Waals surface area contributed by atoms with Crippen molar-refractivity contribution < 1.29 is 0 Å². The fraction of sp³-hybridized carbons (Fsp3) is 0.667. The Morgan fingerprint density at radius 3 is 2.56 bits per heavy atom. The molecule has 4 nitrogen and oxygen atoms in total. The summed E-state index contributed by atoms with van der Waals surface area (Å²) in [6, 6.07) is 2.45. The summed E-state index contributed by atoms with van der Waals surface area (Å²) in [6.45, 7) is 2.33. The molecule has 88 valence electrons. The minimum Gasteiger partial charge on any atom is -0.384 e. The molecule has 0 aliphatic heterocycles. The first-order valence-corrected chi connectivity index (χ1v) is 5.97. The van der Waals surface area contributed by atoms with Crippen LogP contribution in [0.4, 0.5) is 11.6 Å². The third kappa shape index (κ3) is 2.43. The highest BCUT2D eigenvalue weighted by molar-refractivity contribution is 5.46. The number of nitrogens with zero attached hydrogens (tertiary/aromatic N) is 3. The van der Waals surface area contributed by atoms with Crippen LogP contribution in [0.2, 0.25) is 0 Å². The summed E-state index contributed by atoms with van der Waals surface area (Å²) in [5.41, 5.74) is 5.67. The Morgan fingerprint density at radius 1 is 1.25 bits per heavy atom. The molecular formula is C12H20N4. The van der Waals surface area contributed by atoms with E-state index in [1.54, 1.807) is 0 Å². The second kappa shape index (κ2) is 4.68. The van der Waals surface area contributed by atoms with E-state index in [2.05, 4.69) is 28.8 Å². The van der Waals surface area contributed by atoms with Gasteiger partial charge in [-0.2, -0.15) is 0 Å². The van der Waals surface area contributed by atoms with E-state index in [9.17, 15) is 0 Å². The minimum atomic E-state index is 0.543. The molecule has 0 unspecified atom stereocenters. The number of nitrogens with two attached hydrogens (primary N) is 1. The lowest BCUT2D eigenvalue weighted by Gasteiger charge is -2.34. The van der Waals surface area contributed by atoms with Crippen LogP contribution in [0.15, 0.2) is 12.4 Å². The van der Waals surface area contributed by atoms with E-state index >= 15 is 0 Å². The Kier molecular flexibility index (Phi) is 3.27. The van der Waals surface area contributed by atoms with Gasteiger partial charge in [0.05, 0.1) is 0 Å². The van der Waals surface area contributed by atoms with Gasteiger partial charge in [0.2, 0.25) is 0 Å². The molecule has 1 aromatic heterocycles. The molecule has 0 bridgehead atoms. The summed E-state index contributed by atoms with van der Waals surface area (Å²) < 4.78 is 0. The van der Waals surface area contributed by atoms with E-state index in [-0.39, 0.29) is 0 Å². The van der Waals surface area contributed by atoms with Gasteiger partial charge in [-0.3, -0.25) is 0 Å². The van der Waals surface area contributed by atoms with Gasteiger partial charge >= 0.3 is 0 Å². The van der Waals surface area contributed by atoms with Gasteiger partial charge in [0.1, 0.15) is 18.0 Å². The van der Waals surface area contributed by atoms with Crippen molar-refractivity contribution in [3.05, 3.63) is 12.4 Å². The van der Waals surface area contributed by atoms with Crippen molar-refractivity contribution in [1.82, 2.24) is 9.97 Å². The fourth-order valence-corrected chi connectivity index (χ4v) is 2.37. The van der Waals surface area contributed by atoms with Crippen molar-refractivity contribution in [3.63, 3.8) is 0 Å². The van der Waals surface area contributed by atoms with Crippen molar-refractivity contribution in [1.29, 1.82) is 0 Å². The summed E-state index contributed by atoms with van der Waals surface area (Å²) in [7, 11) is 2.10. The van der Waals surface area contributed by atoms with Crippen molar-refractivity contribution in [3.8, 4) is 0 Å². The number of aromatic nitrogens is 2. The molecule has 1 aliphatic rings. The number of anilines is 2. The summed E-state index contributed by atoms with van der Waals surface area (Å²) in [4.78, 5) is 10.4. The third-order valence-electron chi connectivity index (χ3n) is 3.57. The zero-order valence-electron chi connectivity index (χ0n) is 10.1. The molecule has 0 spiro atoms. The molecule has 1 aliphatic carbocycles. The van der Waals surface area contributed by atoms with Crippen molar-refractivity contribution >= 4 is 11.6 Å². The summed E-state index contributed by atoms with van der Waals surface area (Å²) in [5.74, 6) is 2.35. The van der Waals surface area contributed by atoms with E-state index < -0.39 is 0 Å². The Morgan fingerprint density at radius 2 is 1.94 bits per heavy atom. The molecular weight excluding hydrogens is 200 g/mol. The fourth-order valence-electron chi connectivity index (χ4n) is 2.37. The monoisotopic (exact) mass is 220 g/mol. The maximum atomic E-state index is 5.67. The third-order valence-corrected chi connectivity index (χ3v) is 3.57. The van der Waals surface area contributed by atoms with E-state index in [4.69, 9.17) is 5.73 Å². The molecule has 0 atom stereocenters. The van der Waals surface area contributed by atoms with Crippen molar-refractivity contribution in [2.24, 2.45) is 5.92 Å². The van der Waals surface area contributed by atoms with Gasteiger partial charge in [-0.15, -0.1) is 0 Å². The molecule has 2 rings (SSSR count). The topological polar surface area (TPSA) is 55.0 Å². The van der Waals surface area contributed by atoms with Gasteiger partial charge < -0.3 is 10.6 Å². The maximum Gasteiger partial charge on any atom is 0.134 e. The largest absolute Gasteiger partial charge is 0.384 e. The zero-order chi connectivity index (χ0) is 11.5. The van der Waals surface area contributed by atoms with Crippen molar-refractivity contribution in [2.75, 3.05) is 17.7 Å². The average molecular weight is 220 g/mol. The molecule has 0 amide bonds. The van der Waals surface area contributed by atoms with Crippen LogP contribution in [0.3, 0.4) is 0 Å². The highest BCUT2D eigenvalue weighted by Gasteiger charge is 2.22. The van der Waals surface area contributed by atoms with Crippen LogP contribution in [0.5, 0.6) is 0 Å². The maximum absolute atomic E-state index is 5.67. The number of nitrogen functional groups attached to an aromatic ring is 1. The highest BCUT2D eigenvalue weighted by atomic mass is 15.2. The van der Waals surface area contributed by atoms with Gasteiger partial charge in [-0.1, -0.05) is 6.92 Å². The second-order valence-corrected chi connectivity index (χ2v) is 4.83. The molecule has 1 aromatic rings. The van der Waals surface area contributed by atoms with Gasteiger partial charge in [0.15, 0.2) is 0 Å². The number of hydrogen-bond donors (Lipinski definition) is 1. The molecule has 1 fully saturated rings. The van der Waals surface area contributed by atoms with Crippen LogP contribution < -0.4 is 10.6 Å². The highest BCUT2D eigenvalue weighted by Crippen LogP contribution is 2.28. The lowest BCUT2D eigenvalue weighted by atomic mass is 9.87. The standard InChI is InChI=1S/C12H20N4/c1-9-3-5-10(6-4-9)16(2)12-7-11(13)14-8-15-12/h7-10H,3-6H2,1-2H3,(H2,13,14,15). The molecule has 1 heterocycles. The van der Waals surface area contributed by atoms with Gasteiger partial charge in [-0.05, 0) is 31.6 Å². The van der Waals surface area contributed by atoms with E-state index in [0.29, 0.717) is 11.9 Å². The number of rotatable bonds is 2. The lowest BCUT2D eigenvalue weighted by Crippen LogP contribution is -2.35. The van der Waals surface area contributed by atoms with Gasteiger partial charge in [-0.25, -0.2) is 9.97 Å². The van der Waals surface area contributed by atoms with Crippen LogP contribution in [0.25, 0.3) is 0 Å². The normalized spacial score (nSPS) is 25.4. The lowest BCUT2D eigenvalue weighted by molar-refractivity contribution is 0.340. The Hall–Kier alpha value is -1.32. The van der Waals surface area contributed by atoms with Crippen LogP contribution in [-0.4, -0.2) is 23.1 Å². The van der Waals surface area contributed by atoms with Crippen LogP contribution in [-0.2, 0) is 0 Å². The molecule has 16 heavy (non-hydrogen) atoms. The Bertz CT molecular complexity index is 345. The summed E-state index contributed by atoms with van der Waals surface area (Å²) >= 11 is 0. The molecule has 1 saturated carbocycles. The summed E-state index contributed by atoms with van der Waals surface area (Å²) in [6.07, 6.45) is 6.67. The number of hydrogen-bond acceptors (Lipinski definition) is 4. The van der Waals surface area contributed by atoms with Crippen LogP contribution in [0.1, 0.15) is 32.6 Å². The second-order valence-electron chi connectivity index (χ2n) is 4.83. The molecule has 0 saturated heterocycles. The smallest absolute Gasteiger partial charge is 0.134 e. The van der Waals surface area contributed by atoms with E-state index in [0.717, 1.165) is 11.7 Å². The SMILES string of the molecule is CC1CCC(N(C)c2cc(N)ncn2)CC1. The zero-order valence-corrected chi connectivity index (χ0v) is 10.1. The predicted molar refractivity (Wildman–Crippen MR) is 66.3 cm³/mol. The molecule has 0 radical (unpaired) electrons. The first kappa shape index (κ1) is 11.2. The first-order chi connectivity index (χ1) is 7.66. The van der Waals surface area contributed by atoms with E-state index in [1.807, 2.05) is 6.07 Å². The molecule has 0 aromatic carbocycles. The quantitative estimate of drug-likeness (QED) is 0.829. The average Bonchev–Trinajstić information content (AvgIpc) is 2.29. The minimum absolute atomic E-state index is 0.543.